The van der Waals surface area contributed by atoms with E-state index in [-0.39, 0.29) is 10.8 Å². The number of halogens is 2. The van der Waals surface area contributed by atoms with Crippen LogP contribution in [0.2, 0.25) is 5.15 Å². The fourth-order valence-electron chi connectivity index (χ4n) is 0.772. The first-order valence-corrected chi connectivity index (χ1v) is 4.16. The van der Waals surface area contributed by atoms with Gasteiger partial charge in [0.15, 0.2) is 0 Å². The summed E-state index contributed by atoms with van der Waals surface area (Å²) in [5.74, 6) is 0. The molecule has 1 heterocycles. The molecular formula is C6H4BrClN2O2. The Morgan fingerprint density at radius 2 is 2.33 bits per heavy atom. The Hall–Kier alpha value is -0.680. The lowest BCUT2D eigenvalue weighted by molar-refractivity contribution is -0.386. The number of hydrogen-bond acceptors (Lipinski definition) is 3. The van der Waals surface area contributed by atoms with Crippen molar-refractivity contribution in [2.45, 2.75) is 6.92 Å². The van der Waals surface area contributed by atoms with Crippen LogP contribution in [0.3, 0.4) is 0 Å². The molecule has 0 atom stereocenters. The van der Waals surface area contributed by atoms with E-state index in [2.05, 4.69) is 20.9 Å². The Balaban J connectivity index is 3.43. The molecule has 1 aromatic rings. The van der Waals surface area contributed by atoms with Gasteiger partial charge in [-0.05, 0) is 22.9 Å². The van der Waals surface area contributed by atoms with E-state index in [1.54, 1.807) is 6.92 Å². The van der Waals surface area contributed by atoms with E-state index in [9.17, 15) is 10.1 Å². The van der Waals surface area contributed by atoms with Crippen molar-refractivity contribution >= 4 is 33.2 Å². The molecule has 0 radical (unpaired) electrons. The summed E-state index contributed by atoms with van der Waals surface area (Å²) in [5.41, 5.74) is 0.339. The predicted octanol–water partition coefficient (Wildman–Crippen LogP) is 2.71. The third-order valence-corrected chi connectivity index (χ3v) is 2.33. The summed E-state index contributed by atoms with van der Waals surface area (Å²) in [5, 5.41) is 10.6. The summed E-state index contributed by atoms with van der Waals surface area (Å²) in [6, 6.07) is 0. The number of nitrogens with zero attached hydrogens (tertiary/aromatic N) is 2. The quantitative estimate of drug-likeness (QED) is 0.438. The van der Waals surface area contributed by atoms with Gasteiger partial charge in [-0.2, -0.15) is 0 Å². The first kappa shape index (κ1) is 9.41. The van der Waals surface area contributed by atoms with Crippen LogP contribution in [0.5, 0.6) is 0 Å². The largest absolute Gasteiger partial charge is 0.291 e. The minimum Gasteiger partial charge on any atom is -0.258 e. The van der Waals surface area contributed by atoms with E-state index in [0.717, 1.165) is 0 Å². The summed E-state index contributed by atoms with van der Waals surface area (Å²) >= 11 is 8.61. The molecule has 0 N–H and O–H groups in total. The first-order valence-electron chi connectivity index (χ1n) is 2.99. The molecule has 6 heteroatoms. The summed E-state index contributed by atoms with van der Waals surface area (Å²) in [6.45, 7) is 1.55. The molecule has 0 aliphatic rings. The SMILES string of the molecule is Cc1c(Cl)ncc(Br)c1[N+](=O)[O-]. The Bertz CT molecular complexity index is 343. The molecule has 0 spiro atoms. The van der Waals surface area contributed by atoms with E-state index < -0.39 is 4.92 Å². The first-order chi connectivity index (χ1) is 5.54. The van der Waals surface area contributed by atoms with Crippen molar-refractivity contribution in [1.29, 1.82) is 0 Å². The number of hydrogen-bond donors (Lipinski definition) is 0. The zero-order valence-electron chi connectivity index (χ0n) is 6.04. The Labute approximate surface area is 81.8 Å². The number of nitro groups is 1. The summed E-state index contributed by atoms with van der Waals surface area (Å²) < 4.78 is 0.342. The molecule has 0 aliphatic carbocycles. The van der Waals surface area contributed by atoms with Crippen LogP contribution in [-0.2, 0) is 0 Å². The van der Waals surface area contributed by atoms with E-state index in [0.29, 0.717) is 10.0 Å². The molecule has 0 aliphatic heterocycles. The molecule has 0 unspecified atom stereocenters. The number of pyridine rings is 1. The second-order valence-corrected chi connectivity index (χ2v) is 3.34. The zero-order valence-corrected chi connectivity index (χ0v) is 8.39. The molecule has 0 fully saturated rings. The van der Waals surface area contributed by atoms with Gasteiger partial charge in [0, 0.05) is 6.20 Å². The highest BCUT2D eigenvalue weighted by molar-refractivity contribution is 9.10. The molecular weight excluding hydrogens is 247 g/mol. The highest BCUT2D eigenvalue weighted by Gasteiger charge is 2.18. The average molecular weight is 251 g/mol. The fraction of sp³-hybridized carbons (Fsp3) is 0.167. The van der Waals surface area contributed by atoms with Crippen LogP contribution >= 0.6 is 27.5 Å². The van der Waals surface area contributed by atoms with Crippen molar-refractivity contribution in [1.82, 2.24) is 4.98 Å². The molecule has 64 valence electrons. The minimum atomic E-state index is -0.493. The predicted molar refractivity (Wildman–Crippen MR) is 48.3 cm³/mol. The third-order valence-electron chi connectivity index (χ3n) is 1.36. The zero-order chi connectivity index (χ0) is 9.30. The molecule has 0 saturated heterocycles. The molecule has 1 rings (SSSR count). The van der Waals surface area contributed by atoms with Crippen molar-refractivity contribution in [2.75, 3.05) is 0 Å². The van der Waals surface area contributed by atoms with Crippen LogP contribution in [-0.4, -0.2) is 9.91 Å². The van der Waals surface area contributed by atoms with Gasteiger partial charge in [0.2, 0.25) is 0 Å². The van der Waals surface area contributed by atoms with Gasteiger partial charge >= 0.3 is 0 Å². The van der Waals surface area contributed by atoms with Gasteiger partial charge in [0.05, 0.1) is 10.5 Å². The Morgan fingerprint density at radius 3 is 2.75 bits per heavy atom. The van der Waals surface area contributed by atoms with Gasteiger partial charge in [0.25, 0.3) is 5.69 Å². The van der Waals surface area contributed by atoms with Gasteiger partial charge < -0.3 is 0 Å². The van der Waals surface area contributed by atoms with Crippen LogP contribution in [0, 0.1) is 17.0 Å². The van der Waals surface area contributed by atoms with Crippen LogP contribution < -0.4 is 0 Å². The maximum Gasteiger partial charge on any atom is 0.291 e. The van der Waals surface area contributed by atoms with Crippen molar-refractivity contribution < 1.29 is 4.92 Å². The van der Waals surface area contributed by atoms with E-state index in [1.165, 1.54) is 6.20 Å². The highest BCUT2D eigenvalue weighted by atomic mass is 79.9. The van der Waals surface area contributed by atoms with E-state index in [4.69, 9.17) is 11.6 Å². The van der Waals surface area contributed by atoms with E-state index in [1.807, 2.05) is 0 Å². The van der Waals surface area contributed by atoms with Crippen molar-refractivity contribution in [3.63, 3.8) is 0 Å². The highest BCUT2D eigenvalue weighted by Crippen LogP contribution is 2.30. The molecule has 0 saturated carbocycles. The molecule has 0 bridgehead atoms. The lowest BCUT2D eigenvalue weighted by atomic mass is 10.3. The molecule has 4 nitrogen and oxygen atoms in total. The maximum atomic E-state index is 10.5. The molecule has 0 amide bonds. The van der Waals surface area contributed by atoms with Gasteiger partial charge in [0.1, 0.15) is 9.63 Å². The Kier molecular flexibility index (Phi) is 2.64. The second kappa shape index (κ2) is 3.37. The maximum absolute atomic E-state index is 10.5. The third kappa shape index (κ3) is 1.56. The molecule has 0 aromatic carbocycles. The minimum absolute atomic E-state index is 0.0324. The molecule has 1 aromatic heterocycles. The fourth-order valence-corrected chi connectivity index (χ4v) is 1.46. The van der Waals surface area contributed by atoms with Crippen molar-refractivity contribution in [2.24, 2.45) is 0 Å². The number of rotatable bonds is 1. The van der Waals surface area contributed by atoms with E-state index >= 15 is 0 Å². The second-order valence-electron chi connectivity index (χ2n) is 2.13. The van der Waals surface area contributed by atoms with Crippen LogP contribution in [0.1, 0.15) is 5.56 Å². The monoisotopic (exact) mass is 250 g/mol. The van der Waals surface area contributed by atoms with Crippen LogP contribution in [0.15, 0.2) is 10.7 Å². The topological polar surface area (TPSA) is 56.0 Å². The standard InChI is InChI=1S/C6H4BrClN2O2/c1-3-5(10(11)12)4(7)2-9-6(3)8/h2H,1H3. The smallest absolute Gasteiger partial charge is 0.258 e. The summed E-state index contributed by atoms with van der Waals surface area (Å²) in [6.07, 6.45) is 1.31. The lowest BCUT2D eigenvalue weighted by Gasteiger charge is -1.99. The molecule has 12 heavy (non-hydrogen) atoms. The van der Waals surface area contributed by atoms with Crippen LogP contribution in [0.4, 0.5) is 5.69 Å². The van der Waals surface area contributed by atoms with Gasteiger partial charge in [-0.3, -0.25) is 10.1 Å². The van der Waals surface area contributed by atoms with Crippen molar-refractivity contribution in [3.05, 3.63) is 31.5 Å². The summed E-state index contributed by atoms with van der Waals surface area (Å²) in [7, 11) is 0. The van der Waals surface area contributed by atoms with Gasteiger partial charge in [-0.15, -0.1) is 0 Å². The average Bonchev–Trinajstić information content (AvgIpc) is 1.97. The normalized spacial score (nSPS) is 9.92. The number of aromatic nitrogens is 1. The van der Waals surface area contributed by atoms with Gasteiger partial charge in [-0.25, -0.2) is 4.98 Å². The summed E-state index contributed by atoms with van der Waals surface area (Å²) in [4.78, 5) is 13.7. The Morgan fingerprint density at radius 1 is 1.75 bits per heavy atom. The van der Waals surface area contributed by atoms with Crippen molar-refractivity contribution in [3.8, 4) is 0 Å². The van der Waals surface area contributed by atoms with Crippen LogP contribution in [0.25, 0.3) is 0 Å². The lowest BCUT2D eigenvalue weighted by Crippen LogP contribution is -1.95. The van der Waals surface area contributed by atoms with Gasteiger partial charge in [-0.1, -0.05) is 11.6 Å².